The van der Waals surface area contributed by atoms with Crippen molar-refractivity contribution in [2.75, 3.05) is 29.4 Å². The number of fused-ring (bicyclic) bond motifs is 1. The normalized spacial score (nSPS) is 14.5. The molecule has 140 valence electrons. The summed E-state index contributed by atoms with van der Waals surface area (Å²) in [5.74, 6) is 1.27. The zero-order chi connectivity index (χ0) is 19.2. The SMILES string of the molecule is CCN(CC)c1ccc(C=CC(=O)C=C2Oc3ccccc3N2CC)cc1. The van der Waals surface area contributed by atoms with Crippen molar-refractivity contribution in [1.29, 1.82) is 0 Å². The number of ether oxygens (including phenoxy) is 1. The van der Waals surface area contributed by atoms with Crippen LogP contribution in [0.4, 0.5) is 11.4 Å². The third-order valence-corrected chi connectivity index (χ3v) is 4.68. The van der Waals surface area contributed by atoms with Crippen LogP contribution >= 0.6 is 0 Å². The van der Waals surface area contributed by atoms with Crippen LogP contribution in [0.3, 0.4) is 0 Å². The molecule has 0 saturated carbocycles. The topological polar surface area (TPSA) is 32.8 Å². The summed E-state index contributed by atoms with van der Waals surface area (Å²) in [6.45, 7) is 9.03. The summed E-state index contributed by atoms with van der Waals surface area (Å²) in [4.78, 5) is 16.7. The molecule has 0 bridgehead atoms. The molecule has 4 heteroatoms. The Labute approximate surface area is 161 Å². The highest BCUT2D eigenvalue weighted by molar-refractivity contribution is 6.02. The van der Waals surface area contributed by atoms with Crippen molar-refractivity contribution in [1.82, 2.24) is 0 Å². The quantitative estimate of drug-likeness (QED) is 0.658. The van der Waals surface area contributed by atoms with Gasteiger partial charge in [-0.25, -0.2) is 0 Å². The summed E-state index contributed by atoms with van der Waals surface area (Å²) in [6.07, 6.45) is 4.97. The molecule has 3 rings (SSSR count). The molecule has 2 aromatic rings. The Kier molecular flexibility index (Phi) is 5.97. The van der Waals surface area contributed by atoms with Crippen molar-refractivity contribution >= 4 is 23.2 Å². The molecule has 0 atom stereocenters. The summed E-state index contributed by atoms with van der Waals surface area (Å²) in [7, 11) is 0. The zero-order valence-corrected chi connectivity index (χ0v) is 16.2. The second-order valence-corrected chi connectivity index (χ2v) is 6.30. The van der Waals surface area contributed by atoms with Crippen molar-refractivity contribution in [3.8, 4) is 5.75 Å². The number of anilines is 2. The lowest BCUT2D eigenvalue weighted by atomic mass is 10.1. The minimum absolute atomic E-state index is 0.0934. The van der Waals surface area contributed by atoms with Crippen LogP contribution in [0.2, 0.25) is 0 Å². The molecule has 1 heterocycles. The van der Waals surface area contributed by atoms with Gasteiger partial charge in [0.2, 0.25) is 5.88 Å². The number of rotatable bonds is 7. The van der Waals surface area contributed by atoms with Gasteiger partial charge in [-0.3, -0.25) is 4.79 Å². The van der Waals surface area contributed by atoms with Crippen molar-refractivity contribution < 1.29 is 9.53 Å². The minimum atomic E-state index is -0.0934. The van der Waals surface area contributed by atoms with Crippen LogP contribution < -0.4 is 14.5 Å². The smallest absolute Gasteiger partial charge is 0.204 e. The van der Waals surface area contributed by atoms with E-state index in [1.54, 1.807) is 12.2 Å². The Morgan fingerprint density at radius 2 is 1.74 bits per heavy atom. The van der Waals surface area contributed by atoms with Crippen LogP contribution in [0.5, 0.6) is 5.75 Å². The molecule has 0 radical (unpaired) electrons. The number of hydrogen-bond acceptors (Lipinski definition) is 4. The highest BCUT2D eigenvalue weighted by Gasteiger charge is 2.24. The van der Waals surface area contributed by atoms with Gasteiger partial charge in [-0.1, -0.05) is 30.3 Å². The second-order valence-electron chi connectivity index (χ2n) is 6.30. The van der Waals surface area contributed by atoms with Crippen molar-refractivity contribution in [2.45, 2.75) is 20.8 Å². The molecular weight excluding hydrogens is 336 g/mol. The molecule has 0 saturated heterocycles. The lowest BCUT2D eigenvalue weighted by Crippen LogP contribution is -2.21. The predicted octanol–water partition coefficient (Wildman–Crippen LogP) is 4.88. The van der Waals surface area contributed by atoms with Crippen LogP contribution in [0.15, 0.2) is 66.6 Å². The van der Waals surface area contributed by atoms with E-state index in [0.717, 1.165) is 36.6 Å². The molecular formula is C23H26N2O2. The molecule has 4 nitrogen and oxygen atoms in total. The molecule has 0 spiro atoms. The van der Waals surface area contributed by atoms with Crippen LogP contribution in [-0.2, 0) is 4.79 Å². The van der Waals surface area contributed by atoms with Gasteiger partial charge < -0.3 is 14.5 Å². The summed E-state index contributed by atoms with van der Waals surface area (Å²) in [6, 6.07) is 16.1. The van der Waals surface area contributed by atoms with Gasteiger partial charge in [0.05, 0.1) is 5.69 Å². The largest absolute Gasteiger partial charge is 0.438 e. The molecule has 0 amide bonds. The summed E-state index contributed by atoms with van der Waals surface area (Å²) in [5, 5.41) is 0. The summed E-state index contributed by atoms with van der Waals surface area (Å²) in [5.41, 5.74) is 3.19. The molecule has 2 aromatic carbocycles. The Balaban J connectivity index is 1.70. The van der Waals surface area contributed by atoms with Gasteiger partial charge in [-0.05, 0) is 56.7 Å². The fourth-order valence-electron chi connectivity index (χ4n) is 3.22. The van der Waals surface area contributed by atoms with E-state index in [9.17, 15) is 4.79 Å². The van der Waals surface area contributed by atoms with E-state index in [2.05, 4.69) is 30.9 Å². The summed E-state index contributed by atoms with van der Waals surface area (Å²) < 4.78 is 5.83. The highest BCUT2D eigenvalue weighted by atomic mass is 16.5. The van der Waals surface area contributed by atoms with Gasteiger partial charge in [-0.2, -0.15) is 0 Å². The number of carbonyl (C=O) groups excluding carboxylic acids is 1. The molecule has 1 aliphatic heterocycles. The lowest BCUT2D eigenvalue weighted by molar-refractivity contribution is -0.110. The van der Waals surface area contributed by atoms with Crippen LogP contribution in [0.25, 0.3) is 6.08 Å². The molecule has 0 aliphatic carbocycles. The minimum Gasteiger partial charge on any atom is -0.438 e. The summed E-state index contributed by atoms with van der Waals surface area (Å²) >= 11 is 0. The number of nitrogens with zero attached hydrogens (tertiary/aromatic N) is 2. The van der Waals surface area contributed by atoms with Crippen molar-refractivity contribution in [3.05, 3.63) is 72.1 Å². The van der Waals surface area contributed by atoms with E-state index in [1.807, 2.05) is 54.3 Å². The van der Waals surface area contributed by atoms with Gasteiger partial charge in [-0.15, -0.1) is 0 Å². The maximum atomic E-state index is 12.4. The van der Waals surface area contributed by atoms with E-state index in [-0.39, 0.29) is 5.78 Å². The van der Waals surface area contributed by atoms with E-state index in [0.29, 0.717) is 5.88 Å². The van der Waals surface area contributed by atoms with Crippen LogP contribution in [0, 0.1) is 0 Å². The standard InChI is InChI=1S/C23H26N2O2/c1-4-24(5-2)19-14-11-18(12-15-19)13-16-20(26)17-23-25(6-3)21-9-7-8-10-22(21)27-23/h7-17H,4-6H2,1-3H3. The first-order valence-electron chi connectivity index (χ1n) is 9.49. The predicted molar refractivity (Wildman–Crippen MR) is 112 cm³/mol. The Morgan fingerprint density at radius 1 is 1.04 bits per heavy atom. The molecule has 1 aliphatic rings. The maximum absolute atomic E-state index is 12.4. The highest BCUT2D eigenvalue weighted by Crippen LogP contribution is 2.38. The van der Waals surface area contributed by atoms with E-state index >= 15 is 0 Å². The van der Waals surface area contributed by atoms with Gasteiger partial charge in [0.15, 0.2) is 11.5 Å². The average Bonchev–Trinajstić information content (AvgIpc) is 3.05. The number of allylic oxidation sites excluding steroid dienone is 2. The van der Waals surface area contributed by atoms with Gasteiger partial charge in [0, 0.05) is 31.4 Å². The Bertz CT molecular complexity index is 849. The number of para-hydroxylation sites is 2. The first kappa shape index (κ1) is 18.8. The third-order valence-electron chi connectivity index (χ3n) is 4.68. The lowest BCUT2D eigenvalue weighted by Gasteiger charge is -2.20. The number of hydrogen-bond donors (Lipinski definition) is 0. The van der Waals surface area contributed by atoms with Gasteiger partial charge >= 0.3 is 0 Å². The fraction of sp³-hybridized carbons (Fsp3) is 0.261. The second kappa shape index (κ2) is 8.58. The third kappa shape index (κ3) is 4.22. The van der Waals surface area contributed by atoms with Crippen molar-refractivity contribution in [3.63, 3.8) is 0 Å². The zero-order valence-electron chi connectivity index (χ0n) is 16.2. The average molecular weight is 362 g/mol. The van der Waals surface area contributed by atoms with Crippen LogP contribution in [-0.4, -0.2) is 25.4 Å². The Hall–Kier alpha value is -3.01. The molecule has 0 N–H and O–H groups in total. The van der Waals surface area contributed by atoms with Gasteiger partial charge in [0.1, 0.15) is 0 Å². The maximum Gasteiger partial charge on any atom is 0.204 e. The van der Waals surface area contributed by atoms with E-state index < -0.39 is 0 Å². The van der Waals surface area contributed by atoms with Crippen LogP contribution in [0.1, 0.15) is 26.3 Å². The number of ketones is 1. The number of carbonyl (C=O) groups is 1. The van der Waals surface area contributed by atoms with Gasteiger partial charge in [0.25, 0.3) is 0 Å². The first-order chi connectivity index (χ1) is 13.2. The monoisotopic (exact) mass is 362 g/mol. The van der Waals surface area contributed by atoms with E-state index in [4.69, 9.17) is 4.74 Å². The number of benzene rings is 2. The molecule has 0 aromatic heterocycles. The van der Waals surface area contributed by atoms with Crippen molar-refractivity contribution in [2.24, 2.45) is 0 Å². The first-order valence-corrected chi connectivity index (χ1v) is 9.49. The molecule has 27 heavy (non-hydrogen) atoms. The van der Waals surface area contributed by atoms with E-state index in [1.165, 1.54) is 5.69 Å². The fourth-order valence-corrected chi connectivity index (χ4v) is 3.22. The molecule has 0 fully saturated rings. The molecule has 0 unspecified atom stereocenters. The Morgan fingerprint density at radius 3 is 2.41 bits per heavy atom.